The lowest BCUT2D eigenvalue weighted by Crippen LogP contribution is -2.45. The Morgan fingerprint density at radius 1 is 0.739 bits per heavy atom. The molecule has 3 rings (SSSR count). The summed E-state index contributed by atoms with van der Waals surface area (Å²) in [6.07, 6.45) is 5.33. The summed E-state index contributed by atoms with van der Waals surface area (Å²) in [6.45, 7) is 16.8. The van der Waals surface area contributed by atoms with E-state index in [1.165, 1.54) is 57.5 Å². The Bertz CT molecular complexity index is 393. The number of fused-ring (bicyclic) bond motifs is 1. The molecule has 2 aliphatic rings. The largest absolute Gasteiger partial charge is 0.369 e. The van der Waals surface area contributed by atoms with Crippen molar-refractivity contribution in [3.8, 4) is 0 Å². The standard InChI is InChI=1S/C15H22N2.3C2H6/c1-16-9-11-17(12-10-16)15-8-4-6-13-5-2-3-7-14(13)15;3*1-2/h4,6,8H,2-3,5,7,9-12H2,1H3;3*1-2H3. The minimum Gasteiger partial charge on any atom is -0.369 e. The first kappa shape index (κ1) is 22.0. The van der Waals surface area contributed by atoms with E-state index in [9.17, 15) is 0 Å². The van der Waals surface area contributed by atoms with E-state index in [0.717, 1.165) is 0 Å². The van der Waals surface area contributed by atoms with Gasteiger partial charge in [0.25, 0.3) is 0 Å². The monoisotopic (exact) mass is 320 g/mol. The van der Waals surface area contributed by atoms with Crippen LogP contribution in [-0.2, 0) is 12.8 Å². The normalized spacial score (nSPS) is 16.6. The van der Waals surface area contributed by atoms with Gasteiger partial charge in [-0.05, 0) is 49.9 Å². The van der Waals surface area contributed by atoms with Crippen LogP contribution in [0.25, 0.3) is 0 Å². The van der Waals surface area contributed by atoms with Gasteiger partial charge in [0.15, 0.2) is 0 Å². The van der Waals surface area contributed by atoms with Gasteiger partial charge in [-0.15, -0.1) is 0 Å². The number of hydrogen-bond acceptors (Lipinski definition) is 2. The van der Waals surface area contributed by atoms with Crippen LogP contribution in [0.3, 0.4) is 0 Å². The van der Waals surface area contributed by atoms with E-state index in [1.54, 1.807) is 11.1 Å². The number of piperazine rings is 1. The van der Waals surface area contributed by atoms with E-state index in [2.05, 4.69) is 35.0 Å². The van der Waals surface area contributed by atoms with Crippen LogP contribution in [0.4, 0.5) is 5.69 Å². The zero-order valence-electron chi connectivity index (χ0n) is 16.8. The molecule has 23 heavy (non-hydrogen) atoms. The van der Waals surface area contributed by atoms with Crippen molar-refractivity contribution in [3.05, 3.63) is 29.3 Å². The highest BCUT2D eigenvalue weighted by molar-refractivity contribution is 5.58. The van der Waals surface area contributed by atoms with Gasteiger partial charge in [0.1, 0.15) is 0 Å². The quantitative estimate of drug-likeness (QED) is 0.684. The van der Waals surface area contributed by atoms with Crippen molar-refractivity contribution in [2.24, 2.45) is 0 Å². The average molecular weight is 321 g/mol. The smallest absolute Gasteiger partial charge is 0.0402 e. The Hall–Kier alpha value is -1.02. The molecule has 0 N–H and O–H groups in total. The fourth-order valence-corrected chi connectivity index (χ4v) is 3.10. The van der Waals surface area contributed by atoms with Gasteiger partial charge in [-0.1, -0.05) is 53.7 Å². The maximum Gasteiger partial charge on any atom is 0.0402 e. The molecule has 0 saturated carbocycles. The Morgan fingerprint density at radius 3 is 1.91 bits per heavy atom. The number of hydrogen-bond donors (Lipinski definition) is 0. The van der Waals surface area contributed by atoms with Gasteiger partial charge in [0.2, 0.25) is 0 Å². The minimum atomic E-state index is 1.19. The zero-order chi connectivity index (χ0) is 17.7. The lowest BCUT2D eigenvalue weighted by atomic mass is 9.90. The molecule has 1 aromatic carbocycles. The summed E-state index contributed by atoms with van der Waals surface area (Å²) in [4.78, 5) is 5.01. The van der Waals surface area contributed by atoms with Crippen molar-refractivity contribution in [1.29, 1.82) is 0 Å². The molecular formula is C21H40N2. The van der Waals surface area contributed by atoms with Crippen molar-refractivity contribution in [3.63, 3.8) is 0 Å². The molecule has 134 valence electrons. The van der Waals surface area contributed by atoms with E-state index in [4.69, 9.17) is 0 Å². The van der Waals surface area contributed by atoms with Gasteiger partial charge >= 0.3 is 0 Å². The third kappa shape index (κ3) is 6.55. The molecule has 0 amide bonds. The topological polar surface area (TPSA) is 6.48 Å². The second-order valence-electron chi connectivity index (χ2n) is 5.41. The molecule has 2 heteroatoms. The fourth-order valence-electron chi connectivity index (χ4n) is 3.10. The molecule has 0 radical (unpaired) electrons. The van der Waals surface area contributed by atoms with Gasteiger partial charge < -0.3 is 9.80 Å². The number of benzene rings is 1. The molecule has 1 heterocycles. The molecule has 0 aromatic heterocycles. The number of likely N-dealkylation sites (N-methyl/N-ethyl adjacent to an activating group) is 1. The van der Waals surface area contributed by atoms with Crippen LogP contribution >= 0.6 is 0 Å². The van der Waals surface area contributed by atoms with E-state index >= 15 is 0 Å². The van der Waals surface area contributed by atoms with Gasteiger partial charge in [-0.25, -0.2) is 0 Å². The Kier molecular flexibility index (Phi) is 12.8. The van der Waals surface area contributed by atoms with Crippen molar-refractivity contribution in [2.45, 2.75) is 67.2 Å². The van der Waals surface area contributed by atoms with Gasteiger partial charge in [-0.2, -0.15) is 0 Å². The second-order valence-corrected chi connectivity index (χ2v) is 5.41. The predicted octanol–water partition coefficient (Wildman–Crippen LogP) is 5.40. The maximum atomic E-state index is 2.59. The molecule has 1 aliphatic heterocycles. The minimum absolute atomic E-state index is 1.19. The lowest BCUT2D eigenvalue weighted by molar-refractivity contribution is 0.312. The summed E-state index contributed by atoms with van der Waals surface area (Å²) in [5.74, 6) is 0. The molecule has 1 aromatic rings. The molecule has 0 spiro atoms. The summed E-state index contributed by atoms with van der Waals surface area (Å²) in [6, 6.07) is 6.90. The number of aryl methyl sites for hydroxylation is 1. The predicted molar refractivity (Wildman–Crippen MR) is 107 cm³/mol. The molecule has 2 nitrogen and oxygen atoms in total. The third-order valence-corrected chi connectivity index (χ3v) is 4.22. The highest BCUT2D eigenvalue weighted by atomic mass is 15.2. The third-order valence-electron chi connectivity index (χ3n) is 4.22. The van der Waals surface area contributed by atoms with Crippen LogP contribution in [0.2, 0.25) is 0 Å². The zero-order valence-corrected chi connectivity index (χ0v) is 16.8. The molecule has 0 bridgehead atoms. The van der Waals surface area contributed by atoms with Crippen molar-refractivity contribution in [2.75, 3.05) is 38.1 Å². The summed E-state index contributed by atoms with van der Waals surface area (Å²) >= 11 is 0. The lowest BCUT2D eigenvalue weighted by Gasteiger charge is -2.36. The molecule has 1 fully saturated rings. The summed E-state index contributed by atoms with van der Waals surface area (Å²) in [5.41, 5.74) is 4.77. The second kappa shape index (κ2) is 13.4. The SMILES string of the molecule is CC.CC.CC.CN1CCN(c2cccc3c2CCCC3)CC1. The van der Waals surface area contributed by atoms with Gasteiger partial charge in [0, 0.05) is 31.9 Å². The summed E-state index contributed by atoms with van der Waals surface area (Å²) < 4.78 is 0. The molecular weight excluding hydrogens is 280 g/mol. The van der Waals surface area contributed by atoms with Gasteiger partial charge in [0.05, 0.1) is 0 Å². The Morgan fingerprint density at radius 2 is 1.30 bits per heavy atom. The molecule has 1 aliphatic carbocycles. The highest BCUT2D eigenvalue weighted by Gasteiger charge is 2.19. The first-order valence-electron chi connectivity index (χ1n) is 9.89. The van der Waals surface area contributed by atoms with E-state index in [-0.39, 0.29) is 0 Å². The first-order chi connectivity index (χ1) is 11.3. The van der Waals surface area contributed by atoms with Crippen molar-refractivity contribution in [1.82, 2.24) is 4.90 Å². The fraction of sp³-hybridized carbons (Fsp3) is 0.714. The summed E-state index contributed by atoms with van der Waals surface area (Å²) in [5, 5.41) is 0. The first-order valence-corrected chi connectivity index (χ1v) is 9.89. The average Bonchev–Trinajstić information content (AvgIpc) is 2.67. The number of anilines is 1. The van der Waals surface area contributed by atoms with Crippen LogP contribution < -0.4 is 4.90 Å². The molecule has 0 unspecified atom stereocenters. The highest BCUT2D eigenvalue weighted by Crippen LogP contribution is 2.30. The Balaban J connectivity index is 0.000000728. The van der Waals surface area contributed by atoms with Crippen LogP contribution in [0, 0.1) is 0 Å². The maximum absolute atomic E-state index is 2.59. The van der Waals surface area contributed by atoms with E-state index in [1.807, 2.05) is 41.5 Å². The van der Waals surface area contributed by atoms with E-state index in [0.29, 0.717) is 0 Å². The van der Waals surface area contributed by atoms with Crippen LogP contribution in [0.1, 0.15) is 65.5 Å². The molecule has 1 saturated heterocycles. The van der Waals surface area contributed by atoms with E-state index < -0.39 is 0 Å². The Labute approximate surface area is 145 Å². The summed E-state index contributed by atoms with van der Waals surface area (Å²) in [7, 11) is 2.22. The van der Waals surface area contributed by atoms with Crippen LogP contribution in [0.15, 0.2) is 18.2 Å². The molecule has 0 atom stereocenters. The van der Waals surface area contributed by atoms with Crippen molar-refractivity contribution >= 4 is 5.69 Å². The number of rotatable bonds is 1. The van der Waals surface area contributed by atoms with Crippen molar-refractivity contribution < 1.29 is 0 Å². The number of nitrogens with zero attached hydrogens (tertiary/aromatic N) is 2. The van der Waals surface area contributed by atoms with Gasteiger partial charge in [-0.3, -0.25) is 0 Å². The van der Waals surface area contributed by atoms with Crippen LogP contribution in [-0.4, -0.2) is 38.1 Å². The van der Waals surface area contributed by atoms with Crippen LogP contribution in [0.5, 0.6) is 0 Å².